The van der Waals surface area contributed by atoms with Crippen LogP contribution in [0.3, 0.4) is 0 Å². The quantitative estimate of drug-likeness (QED) is 0.165. The molecule has 47 heavy (non-hydrogen) atoms. The monoisotopic (exact) mass is 689 g/mol. The van der Waals surface area contributed by atoms with Crippen molar-refractivity contribution in [2.75, 3.05) is 10.8 Å². The Bertz CT molecular complexity index is 1810. The van der Waals surface area contributed by atoms with Crippen LogP contribution in [-0.2, 0) is 38.8 Å². The van der Waals surface area contributed by atoms with E-state index in [2.05, 4.69) is 5.32 Å². The molecule has 0 radical (unpaired) electrons. The Morgan fingerprint density at radius 2 is 1.47 bits per heavy atom. The summed E-state index contributed by atoms with van der Waals surface area (Å²) in [5.74, 6) is -2.26. The molecule has 0 fully saturated rings. The third kappa shape index (κ3) is 8.89. The van der Waals surface area contributed by atoms with Crippen LogP contribution in [0.5, 0.6) is 0 Å². The van der Waals surface area contributed by atoms with Crippen LogP contribution < -0.4 is 9.62 Å². The minimum absolute atomic E-state index is 0.0324. The van der Waals surface area contributed by atoms with E-state index in [9.17, 15) is 35.6 Å². The fraction of sp³-hybridized carbons (Fsp3) is 0.235. The number of hydrogen-bond donors (Lipinski definition) is 1. The number of amides is 2. The van der Waals surface area contributed by atoms with Crippen LogP contribution in [-0.4, -0.2) is 43.8 Å². The Kier molecular flexibility index (Phi) is 11.3. The molecule has 4 aromatic carbocycles. The number of halogens is 5. The number of hydrogen-bond acceptors (Lipinski definition) is 4. The number of sulfonamides is 1. The van der Waals surface area contributed by atoms with Crippen LogP contribution in [0.4, 0.5) is 23.2 Å². The van der Waals surface area contributed by atoms with Crippen LogP contribution in [0.25, 0.3) is 0 Å². The fourth-order valence-corrected chi connectivity index (χ4v) is 6.57. The molecular weight excluding hydrogens is 658 g/mol. The largest absolute Gasteiger partial charge is 0.416 e. The van der Waals surface area contributed by atoms with Gasteiger partial charge in [0.15, 0.2) is 0 Å². The summed E-state index contributed by atoms with van der Waals surface area (Å²) in [5, 5.41) is 2.40. The third-order valence-corrected chi connectivity index (χ3v) is 9.25. The van der Waals surface area contributed by atoms with E-state index in [-0.39, 0.29) is 27.9 Å². The van der Waals surface area contributed by atoms with Gasteiger partial charge in [0, 0.05) is 24.6 Å². The summed E-state index contributed by atoms with van der Waals surface area (Å²) in [7, 11) is -4.71. The topological polar surface area (TPSA) is 86.8 Å². The lowest BCUT2D eigenvalue weighted by Gasteiger charge is -2.34. The maximum absolute atomic E-state index is 15.0. The number of alkyl halides is 3. The van der Waals surface area contributed by atoms with E-state index in [1.807, 2.05) is 0 Å². The molecule has 0 bridgehead atoms. The molecule has 0 aliphatic rings. The smallest absolute Gasteiger partial charge is 0.352 e. The standard InChI is InChI=1S/C34H32ClF4N3O4S/c1-23(2)40-33(44)31(19-24-11-5-3-6-12-24)41(21-25-13-9-10-16-29(25)36)32(43)22-42(47(45,46)27-14-7-4-8-15-27)30-20-26(34(37,38)39)17-18-28(30)35/h3-18,20,23,31H,19,21-22H2,1-2H3,(H,40,44)/t31-/m0/s1. The third-order valence-electron chi connectivity index (χ3n) is 7.15. The number of anilines is 1. The molecule has 1 atom stereocenters. The molecule has 0 aromatic heterocycles. The summed E-state index contributed by atoms with van der Waals surface area (Å²) in [4.78, 5) is 28.8. The van der Waals surface area contributed by atoms with Crippen LogP contribution in [0.15, 0.2) is 108 Å². The SMILES string of the molecule is CC(C)NC(=O)[C@H](Cc1ccccc1)N(Cc1ccccc1F)C(=O)CN(c1cc(C(F)(F)F)ccc1Cl)S(=O)(=O)c1ccccc1. The van der Waals surface area contributed by atoms with Crippen LogP contribution >= 0.6 is 11.6 Å². The molecule has 0 unspecified atom stereocenters. The highest BCUT2D eigenvalue weighted by Gasteiger charge is 2.37. The van der Waals surface area contributed by atoms with Gasteiger partial charge in [-0.1, -0.05) is 78.3 Å². The average Bonchev–Trinajstić information content (AvgIpc) is 3.02. The van der Waals surface area contributed by atoms with Crippen LogP contribution in [0.1, 0.15) is 30.5 Å². The first-order valence-electron chi connectivity index (χ1n) is 14.5. The Morgan fingerprint density at radius 1 is 0.872 bits per heavy atom. The molecule has 1 N–H and O–H groups in total. The zero-order valence-electron chi connectivity index (χ0n) is 25.4. The van der Waals surface area contributed by atoms with Gasteiger partial charge in [0.25, 0.3) is 10.0 Å². The highest BCUT2D eigenvalue weighted by atomic mass is 35.5. The fourth-order valence-electron chi connectivity index (χ4n) is 4.86. The molecule has 13 heteroatoms. The molecule has 0 spiro atoms. The van der Waals surface area contributed by atoms with Gasteiger partial charge in [-0.3, -0.25) is 13.9 Å². The van der Waals surface area contributed by atoms with E-state index in [4.69, 9.17) is 11.6 Å². The summed E-state index contributed by atoms with van der Waals surface area (Å²) in [5.41, 5.74) is -1.11. The molecule has 0 aliphatic heterocycles. The van der Waals surface area contributed by atoms with Gasteiger partial charge < -0.3 is 10.2 Å². The van der Waals surface area contributed by atoms with E-state index in [0.717, 1.165) is 11.0 Å². The number of carbonyl (C=O) groups excluding carboxylic acids is 2. The predicted molar refractivity (Wildman–Crippen MR) is 172 cm³/mol. The van der Waals surface area contributed by atoms with E-state index >= 15 is 0 Å². The van der Waals surface area contributed by atoms with Gasteiger partial charge in [0.2, 0.25) is 11.8 Å². The maximum atomic E-state index is 15.0. The number of nitrogens with one attached hydrogen (secondary N) is 1. The molecule has 0 heterocycles. The first-order chi connectivity index (χ1) is 22.2. The Morgan fingerprint density at radius 3 is 2.06 bits per heavy atom. The molecule has 2 amide bonds. The summed E-state index contributed by atoms with van der Waals surface area (Å²) < 4.78 is 84.9. The average molecular weight is 690 g/mol. The molecule has 248 valence electrons. The first kappa shape index (κ1) is 35.4. The number of nitrogens with zero attached hydrogens (tertiary/aromatic N) is 2. The summed E-state index contributed by atoms with van der Waals surface area (Å²) in [6.07, 6.45) is -4.90. The second kappa shape index (κ2) is 15.0. The van der Waals surface area contributed by atoms with Crippen LogP contribution in [0.2, 0.25) is 5.02 Å². The predicted octanol–water partition coefficient (Wildman–Crippen LogP) is 6.86. The number of benzene rings is 4. The highest BCUT2D eigenvalue weighted by Crippen LogP contribution is 2.37. The Balaban J connectivity index is 1.88. The zero-order chi connectivity index (χ0) is 34.4. The Hall–Kier alpha value is -4.42. The summed E-state index contributed by atoms with van der Waals surface area (Å²) >= 11 is 6.31. The van der Waals surface area contributed by atoms with Gasteiger partial charge in [-0.15, -0.1) is 0 Å². The molecule has 7 nitrogen and oxygen atoms in total. The lowest BCUT2D eigenvalue weighted by molar-refractivity contribution is -0.140. The molecule has 0 aliphatic carbocycles. The van der Waals surface area contributed by atoms with Crippen molar-refractivity contribution in [3.05, 3.63) is 131 Å². The second-order valence-corrected chi connectivity index (χ2v) is 13.2. The maximum Gasteiger partial charge on any atom is 0.416 e. The lowest BCUT2D eigenvalue weighted by Crippen LogP contribution is -2.54. The van der Waals surface area contributed by atoms with E-state index in [1.165, 1.54) is 48.5 Å². The first-order valence-corrected chi connectivity index (χ1v) is 16.3. The van der Waals surface area contributed by atoms with Gasteiger partial charge in [-0.2, -0.15) is 13.2 Å². The molecule has 4 rings (SSSR count). The van der Waals surface area contributed by atoms with Gasteiger partial charge >= 0.3 is 6.18 Å². The van der Waals surface area contributed by atoms with Crippen molar-refractivity contribution in [1.29, 1.82) is 0 Å². The van der Waals surface area contributed by atoms with Gasteiger partial charge in [-0.25, -0.2) is 12.8 Å². The highest BCUT2D eigenvalue weighted by molar-refractivity contribution is 7.92. The minimum Gasteiger partial charge on any atom is -0.352 e. The minimum atomic E-state index is -4.86. The van der Waals surface area contributed by atoms with Crippen molar-refractivity contribution in [3.8, 4) is 0 Å². The normalized spacial score (nSPS) is 12.4. The van der Waals surface area contributed by atoms with Gasteiger partial charge in [0.1, 0.15) is 18.4 Å². The van der Waals surface area contributed by atoms with Crippen molar-refractivity contribution < 1.29 is 35.6 Å². The van der Waals surface area contributed by atoms with Gasteiger partial charge in [-0.05, 0) is 55.8 Å². The van der Waals surface area contributed by atoms with Crippen molar-refractivity contribution in [3.63, 3.8) is 0 Å². The van der Waals surface area contributed by atoms with E-state index in [1.54, 1.807) is 50.2 Å². The van der Waals surface area contributed by atoms with Crippen molar-refractivity contribution in [2.45, 2.75) is 50.0 Å². The zero-order valence-corrected chi connectivity index (χ0v) is 27.0. The molecule has 0 saturated carbocycles. The number of rotatable bonds is 12. The van der Waals surface area contributed by atoms with Crippen molar-refractivity contribution in [1.82, 2.24) is 10.2 Å². The van der Waals surface area contributed by atoms with Crippen LogP contribution in [0, 0.1) is 5.82 Å². The van der Waals surface area contributed by atoms with E-state index < -0.39 is 64.2 Å². The Labute approximate surface area is 275 Å². The summed E-state index contributed by atoms with van der Waals surface area (Å²) in [6.45, 7) is 1.91. The second-order valence-electron chi connectivity index (χ2n) is 11.0. The number of carbonyl (C=O) groups is 2. The molecule has 4 aromatic rings. The summed E-state index contributed by atoms with van der Waals surface area (Å²) in [6, 6.07) is 21.6. The molecule has 0 saturated heterocycles. The molecular formula is C34H32ClF4N3O4S. The van der Waals surface area contributed by atoms with Gasteiger partial charge in [0.05, 0.1) is 21.2 Å². The van der Waals surface area contributed by atoms with E-state index in [0.29, 0.717) is 22.0 Å². The lowest BCUT2D eigenvalue weighted by atomic mass is 10.0. The van der Waals surface area contributed by atoms with Crippen molar-refractivity contribution >= 4 is 39.1 Å². The van der Waals surface area contributed by atoms with Crippen molar-refractivity contribution in [2.24, 2.45) is 0 Å².